The van der Waals surface area contributed by atoms with Gasteiger partial charge in [-0.05, 0) is 55.8 Å². The van der Waals surface area contributed by atoms with Crippen LogP contribution in [0.1, 0.15) is 28.4 Å². The first-order chi connectivity index (χ1) is 16.2. The van der Waals surface area contributed by atoms with Crippen molar-refractivity contribution in [2.75, 3.05) is 6.61 Å². The average Bonchev–Trinajstić information content (AvgIpc) is 2.81. The number of nitrogens with one attached hydrogen (secondary N) is 1. The molecule has 0 heterocycles. The lowest BCUT2D eigenvalue weighted by molar-refractivity contribution is -0.384. The standard InChI is InChI=1S/C23H21N3O7S/c1-3-32-22-13-17(15-24-25-23(27)18-5-4-6-19(14-18)26(28)29)9-12-21(22)33-34(30,31)20-10-7-16(2)8-11-20/h4-15H,3H2,1-2H3,(H,25,27)/b24-15-. The van der Waals surface area contributed by atoms with Gasteiger partial charge in [-0.1, -0.05) is 23.8 Å². The summed E-state index contributed by atoms with van der Waals surface area (Å²) in [6, 6.07) is 15.9. The van der Waals surface area contributed by atoms with Crippen molar-refractivity contribution in [3.05, 3.63) is 93.5 Å². The van der Waals surface area contributed by atoms with E-state index in [1.54, 1.807) is 19.1 Å². The van der Waals surface area contributed by atoms with E-state index in [1.165, 1.54) is 54.7 Å². The molecule has 0 aliphatic heterocycles. The predicted molar refractivity (Wildman–Crippen MR) is 125 cm³/mol. The molecular formula is C23H21N3O7S. The van der Waals surface area contributed by atoms with E-state index in [1.807, 2.05) is 6.92 Å². The molecule has 0 radical (unpaired) electrons. The first kappa shape index (κ1) is 24.4. The van der Waals surface area contributed by atoms with Crippen LogP contribution in [0.3, 0.4) is 0 Å². The van der Waals surface area contributed by atoms with E-state index in [0.29, 0.717) is 5.56 Å². The number of nitro benzene ring substituents is 1. The first-order valence-corrected chi connectivity index (χ1v) is 11.5. The molecule has 0 atom stereocenters. The number of carbonyl (C=O) groups is 1. The monoisotopic (exact) mass is 483 g/mol. The second kappa shape index (κ2) is 10.6. The summed E-state index contributed by atoms with van der Waals surface area (Å²) < 4.78 is 36.0. The Kier molecular flexibility index (Phi) is 7.59. The number of nitrogens with zero attached hydrogens (tertiary/aromatic N) is 2. The molecule has 11 heteroatoms. The highest BCUT2D eigenvalue weighted by atomic mass is 32.2. The summed E-state index contributed by atoms with van der Waals surface area (Å²) >= 11 is 0. The van der Waals surface area contributed by atoms with Crippen molar-refractivity contribution in [3.63, 3.8) is 0 Å². The minimum absolute atomic E-state index is 0.000190. The number of hydrogen-bond donors (Lipinski definition) is 1. The second-order valence-electron chi connectivity index (χ2n) is 7.00. The molecule has 0 unspecified atom stereocenters. The number of nitro groups is 1. The van der Waals surface area contributed by atoms with Crippen molar-refractivity contribution in [1.29, 1.82) is 0 Å². The van der Waals surface area contributed by atoms with Crippen LogP contribution in [0, 0.1) is 17.0 Å². The van der Waals surface area contributed by atoms with Crippen molar-refractivity contribution in [3.8, 4) is 11.5 Å². The molecule has 1 N–H and O–H groups in total. The summed E-state index contributed by atoms with van der Waals surface area (Å²) in [7, 11) is -4.07. The molecule has 3 aromatic carbocycles. The number of hydrazone groups is 1. The zero-order valence-corrected chi connectivity index (χ0v) is 19.1. The van der Waals surface area contributed by atoms with Gasteiger partial charge in [0.15, 0.2) is 11.5 Å². The third-order valence-electron chi connectivity index (χ3n) is 4.48. The third-order valence-corrected chi connectivity index (χ3v) is 5.72. The highest BCUT2D eigenvalue weighted by Crippen LogP contribution is 2.31. The van der Waals surface area contributed by atoms with Crippen molar-refractivity contribution in [1.82, 2.24) is 5.43 Å². The third kappa shape index (κ3) is 6.17. The summed E-state index contributed by atoms with van der Waals surface area (Å²) in [6.45, 7) is 3.83. The van der Waals surface area contributed by atoms with E-state index in [2.05, 4.69) is 10.5 Å². The molecular weight excluding hydrogens is 462 g/mol. The Morgan fingerprint density at radius 3 is 2.50 bits per heavy atom. The van der Waals surface area contributed by atoms with Gasteiger partial charge in [0.1, 0.15) is 4.90 Å². The summed E-state index contributed by atoms with van der Waals surface area (Å²) in [4.78, 5) is 22.4. The van der Waals surface area contributed by atoms with Gasteiger partial charge in [-0.15, -0.1) is 0 Å². The summed E-state index contributed by atoms with van der Waals surface area (Å²) in [5.74, 6) is -0.457. The van der Waals surface area contributed by atoms with E-state index in [9.17, 15) is 23.3 Å². The molecule has 0 saturated heterocycles. The Balaban J connectivity index is 1.75. The first-order valence-electron chi connectivity index (χ1n) is 10.1. The Bertz CT molecular complexity index is 1340. The molecule has 0 aliphatic carbocycles. The summed E-state index contributed by atoms with van der Waals surface area (Å²) in [5.41, 5.74) is 3.55. The number of aryl methyl sites for hydroxylation is 1. The Morgan fingerprint density at radius 2 is 1.82 bits per heavy atom. The Hall–Kier alpha value is -4.25. The number of non-ortho nitro benzene ring substituents is 1. The molecule has 0 fully saturated rings. The lowest BCUT2D eigenvalue weighted by Gasteiger charge is -2.12. The second-order valence-corrected chi connectivity index (χ2v) is 8.54. The van der Waals surface area contributed by atoms with Crippen LogP contribution < -0.4 is 14.3 Å². The molecule has 1 amide bonds. The fraction of sp³-hybridized carbons (Fsp3) is 0.130. The Morgan fingerprint density at radius 1 is 1.09 bits per heavy atom. The van der Waals surface area contributed by atoms with Crippen LogP contribution in [-0.2, 0) is 10.1 Å². The van der Waals surface area contributed by atoms with Gasteiger partial charge in [0, 0.05) is 17.7 Å². The number of amides is 1. The molecule has 3 rings (SSSR count). The highest BCUT2D eigenvalue weighted by molar-refractivity contribution is 7.87. The number of hydrogen-bond acceptors (Lipinski definition) is 8. The van der Waals surface area contributed by atoms with E-state index >= 15 is 0 Å². The van der Waals surface area contributed by atoms with Gasteiger partial charge < -0.3 is 8.92 Å². The quantitative estimate of drug-likeness (QED) is 0.211. The number of benzene rings is 3. The summed E-state index contributed by atoms with van der Waals surface area (Å²) in [5, 5.41) is 14.7. The molecule has 0 aromatic heterocycles. The molecule has 34 heavy (non-hydrogen) atoms. The van der Waals surface area contributed by atoms with Crippen LogP contribution in [0.4, 0.5) is 5.69 Å². The number of rotatable bonds is 9. The van der Waals surface area contributed by atoms with Crippen LogP contribution in [0.5, 0.6) is 11.5 Å². The number of carbonyl (C=O) groups excluding carboxylic acids is 1. The lowest BCUT2D eigenvalue weighted by Crippen LogP contribution is -2.17. The maximum absolute atomic E-state index is 12.6. The van der Waals surface area contributed by atoms with Crippen LogP contribution in [0.2, 0.25) is 0 Å². The minimum atomic E-state index is -4.07. The SMILES string of the molecule is CCOc1cc(/C=N\NC(=O)c2cccc([N+](=O)[O-])c2)ccc1OS(=O)(=O)c1ccc(C)cc1. The van der Waals surface area contributed by atoms with Crippen LogP contribution in [0.15, 0.2) is 76.7 Å². The fourth-order valence-electron chi connectivity index (χ4n) is 2.80. The lowest BCUT2D eigenvalue weighted by atomic mass is 10.2. The topological polar surface area (TPSA) is 137 Å². The highest BCUT2D eigenvalue weighted by Gasteiger charge is 2.19. The van der Waals surface area contributed by atoms with Crippen LogP contribution >= 0.6 is 0 Å². The number of ether oxygens (including phenoxy) is 1. The predicted octanol–water partition coefficient (Wildman–Crippen LogP) is 3.83. The zero-order valence-electron chi connectivity index (χ0n) is 18.3. The minimum Gasteiger partial charge on any atom is -0.490 e. The molecule has 0 saturated carbocycles. The molecule has 0 aliphatic rings. The zero-order chi connectivity index (χ0) is 24.7. The normalized spacial score (nSPS) is 11.2. The van der Waals surface area contributed by atoms with Crippen LogP contribution in [0.25, 0.3) is 0 Å². The van der Waals surface area contributed by atoms with Gasteiger partial charge in [-0.3, -0.25) is 14.9 Å². The molecule has 176 valence electrons. The molecule has 10 nitrogen and oxygen atoms in total. The maximum atomic E-state index is 12.6. The molecule has 0 bridgehead atoms. The fourth-order valence-corrected chi connectivity index (χ4v) is 3.74. The maximum Gasteiger partial charge on any atom is 0.339 e. The van der Waals surface area contributed by atoms with Gasteiger partial charge >= 0.3 is 10.1 Å². The van der Waals surface area contributed by atoms with Gasteiger partial charge in [0.25, 0.3) is 11.6 Å². The molecule has 3 aromatic rings. The van der Waals surface area contributed by atoms with Crippen molar-refractivity contribution >= 4 is 27.9 Å². The van der Waals surface area contributed by atoms with E-state index in [0.717, 1.165) is 11.6 Å². The van der Waals surface area contributed by atoms with Gasteiger partial charge in [-0.25, -0.2) is 5.43 Å². The average molecular weight is 484 g/mol. The van der Waals surface area contributed by atoms with Gasteiger partial charge in [0.2, 0.25) is 0 Å². The van der Waals surface area contributed by atoms with Gasteiger partial charge in [0.05, 0.1) is 17.7 Å². The van der Waals surface area contributed by atoms with Gasteiger partial charge in [-0.2, -0.15) is 13.5 Å². The smallest absolute Gasteiger partial charge is 0.339 e. The van der Waals surface area contributed by atoms with E-state index in [-0.39, 0.29) is 34.3 Å². The van der Waals surface area contributed by atoms with Crippen molar-refractivity contribution in [2.45, 2.75) is 18.7 Å². The van der Waals surface area contributed by atoms with Crippen molar-refractivity contribution < 1.29 is 27.1 Å². The van der Waals surface area contributed by atoms with Crippen molar-refractivity contribution in [2.24, 2.45) is 5.10 Å². The van der Waals surface area contributed by atoms with E-state index < -0.39 is 20.9 Å². The molecule has 0 spiro atoms. The van der Waals surface area contributed by atoms with E-state index in [4.69, 9.17) is 8.92 Å². The Labute approximate surface area is 196 Å². The largest absolute Gasteiger partial charge is 0.490 e. The van der Waals surface area contributed by atoms with Crippen LogP contribution in [-0.4, -0.2) is 32.1 Å². The summed E-state index contributed by atoms with van der Waals surface area (Å²) in [6.07, 6.45) is 1.32.